The summed E-state index contributed by atoms with van der Waals surface area (Å²) in [5.74, 6) is -1.56. The topological polar surface area (TPSA) is 63.7 Å². The number of esters is 1. The van der Waals surface area contributed by atoms with Crippen LogP contribution in [-0.4, -0.2) is 28.7 Å². The van der Waals surface area contributed by atoms with Gasteiger partial charge in [0.15, 0.2) is 0 Å². The van der Waals surface area contributed by atoms with Gasteiger partial charge in [0.25, 0.3) is 11.8 Å². The molecule has 2 aromatic rings. The first-order valence-corrected chi connectivity index (χ1v) is 8.16. The van der Waals surface area contributed by atoms with E-state index < -0.39 is 23.8 Å². The number of ether oxygens (including phenoxy) is 1. The van der Waals surface area contributed by atoms with Crippen LogP contribution in [0, 0.1) is 0 Å². The summed E-state index contributed by atoms with van der Waals surface area (Å²) in [7, 11) is 0. The number of carbonyl (C=O) groups is 3. The van der Waals surface area contributed by atoms with Crippen molar-refractivity contribution in [2.45, 2.75) is 19.6 Å². The summed E-state index contributed by atoms with van der Waals surface area (Å²) in [4.78, 5) is 37.9. The van der Waals surface area contributed by atoms with Crippen molar-refractivity contribution in [3.8, 4) is 0 Å². The second-order valence-corrected chi connectivity index (χ2v) is 6.35. The van der Waals surface area contributed by atoms with Gasteiger partial charge in [-0.1, -0.05) is 40.2 Å². The van der Waals surface area contributed by atoms with E-state index in [2.05, 4.69) is 15.9 Å². The van der Waals surface area contributed by atoms with Crippen LogP contribution in [0.4, 0.5) is 0 Å². The summed E-state index contributed by atoms with van der Waals surface area (Å²) in [5.41, 5.74) is 1.45. The summed E-state index contributed by atoms with van der Waals surface area (Å²) in [6, 6.07) is 12.9. The third-order valence-electron chi connectivity index (χ3n) is 3.85. The monoisotopic (exact) mass is 387 g/mol. The Morgan fingerprint density at radius 3 is 2.12 bits per heavy atom. The molecule has 0 saturated heterocycles. The summed E-state index contributed by atoms with van der Waals surface area (Å²) in [6.45, 7) is 1.57. The van der Waals surface area contributed by atoms with Crippen LogP contribution in [0.15, 0.2) is 53.0 Å². The molecule has 6 heteroatoms. The van der Waals surface area contributed by atoms with Gasteiger partial charge in [0.05, 0.1) is 11.1 Å². The standard InChI is InChI=1S/C18H14BrNO4/c1-11(18(23)24-10-12-6-8-13(19)9-7-12)20-16(21)14-4-2-3-5-15(14)17(20)22/h2-9,11H,10H2,1H3/t11-/m1/s1. The molecule has 122 valence electrons. The van der Waals surface area contributed by atoms with Gasteiger partial charge in [0.2, 0.25) is 0 Å². The normalized spacial score (nSPS) is 14.5. The number of fused-ring (bicyclic) bond motifs is 1. The van der Waals surface area contributed by atoms with Crippen LogP contribution in [0.3, 0.4) is 0 Å². The highest BCUT2D eigenvalue weighted by Gasteiger charge is 2.41. The lowest BCUT2D eigenvalue weighted by atomic mass is 10.1. The van der Waals surface area contributed by atoms with E-state index in [1.165, 1.54) is 6.92 Å². The maximum absolute atomic E-state index is 12.4. The van der Waals surface area contributed by atoms with Crippen molar-refractivity contribution in [3.63, 3.8) is 0 Å². The van der Waals surface area contributed by atoms with Crippen molar-refractivity contribution >= 4 is 33.7 Å². The fourth-order valence-corrected chi connectivity index (χ4v) is 2.79. The third kappa shape index (κ3) is 2.97. The Labute approximate surface area is 147 Å². The molecule has 0 N–H and O–H groups in total. The molecule has 0 radical (unpaired) electrons. The van der Waals surface area contributed by atoms with Crippen molar-refractivity contribution in [3.05, 3.63) is 69.7 Å². The Morgan fingerprint density at radius 1 is 1.04 bits per heavy atom. The Bertz CT molecular complexity index is 781. The van der Waals surface area contributed by atoms with Crippen LogP contribution in [0.1, 0.15) is 33.2 Å². The zero-order valence-corrected chi connectivity index (χ0v) is 14.4. The van der Waals surface area contributed by atoms with Crippen molar-refractivity contribution in [1.82, 2.24) is 4.90 Å². The number of benzene rings is 2. The van der Waals surface area contributed by atoms with E-state index in [4.69, 9.17) is 4.74 Å². The highest BCUT2D eigenvalue weighted by atomic mass is 79.9. The van der Waals surface area contributed by atoms with Crippen LogP contribution in [-0.2, 0) is 16.1 Å². The van der Waals surface area contributed by atoms with Gasteiger partial charge in [-0.05, 0) is 36.8 Å². The fraction of sp³-hybridized carbons (Fsp3) is 0.167. The third-order valence-corrected chi connectivity index (χ3v) is 4.38. The Morgan fingerprint density at radius 2 is 1.58 bits per heavy atom. The van der Waals surface area contributed by atoms with E-state index in [0.717, 1.165) is 14.9 Å². The summed E-state index contributed by atoms with van der Waals surface area (Å²) >= 11 is 3.33. The van der Waals surface area contributed by atoms with Gasteiger partial charge in [-0.15, -0.1) is 0 Å². The smallest absolute Gasteiger partial charge is 0.329 e. The summed E-state index contributed by atoms with van der Waals surface area (Å²) < 4.78 is 6.17. The first kappa shape index (κ1) is 16.4. The minimum atomic E-state index is -0.979. The van der Waals surface area contributed by atoms with E-state index >= 15 is 0 Å². The van der Waals surface area contributed by atoms with Gasteiger partial charge in [-0.3, -0.25) is 14.5 Å². The lowest BCUT2D eigenvalue weighted by molar-refractivity contribution is -0.149. The molecule has 0 aromatic heterocycles. The van der Waals surface area contributed by atoms with Gasteiger partial charge in [-0.25, -0.2) is 4.79 Å². The lowest BCUT2D eigenvalue weighted by Gasteiger charge is -2.20. The van der Waals surface area contributed by atoms with Gasteiger partial charge in [0.1, 0.15) is 12.6 Å². The highest BCUT2D eigenvalue weighted by molar-refractivity contribution is 9.10. The lowest BCUT2D eigenvalue weighted by Crippen LogP contribution is -2.43. The number of carbonyl (C=O) groups excluding carboxylic acids is 3. The summed E-state index contributed by atoms with van der Waals surface area (Å²) in [6.07, 6.45) is 0. The Hall–Kier alpha value is -2.47. The number of halogens is 1. The predicted molar refractivity (Wildman–Crippen MR) is 90.3 cm³/mol. The van der Waals surface area contributed by atoms with Gasteiger partial charge in [0, 0.05) is 4.47 Å². The van der Waals surface area contributed by atoms with E-state index in [1.807, 2.05) is 24.3 Å². The van der Waals surface area contributed by atoms with Crippen molar-refractivity contribution in [2.24, 2.45) is 0 Å². The molecule has 24 heavy (non-hydrogen) atoms. The van der Waals surface area contributed by atoms with Crippen LogP contribution in [0.2, 0.25) is 0 Å². The van der Waals surface area contributed by atoms with Crippen LogP contribution >= 0.6 is 15.9 Å². The van der Waals surface area contributed by atoms with Crippen molar-refractivity contribution in [1.29, 1.82) is 0 Å². The molecular formula is C18H14BrNO4. The van der Waals surface area contributed by atoms with Crippen LogP contribution in [0.25, 0.3) is 0 Å². The second-order valence-electron chi connectivity index (χ2n) is 5.44. The zero-order valence-electron chi connectivity index (χ0n) is 12.9. The molecule has 0 aliphatic carbocycles. The van der Waals surface area contributed by atoms with E-state index in [0.29, 0.717) is 11.1 Å². The molecular weight excluding hydrogens is 374 g/mol. The number of imide groups is 1. The molecule has 0 saturated carbocycles. The average molecular weight is 388 g/mol. The van der Waals surface area contributed by atoms with E-state index in [-0.39, 0.29) is 6.61 Å². The molecule has 1 atom stereocenters. The number of amides is 2. The molecule has 5 nitrogen and oxygen atoms in total. The van der Waals surface area contributed by atoms with Crippen LogP contribution < -0.4 is 0 Å². The Balaban J connectivity index is 1.69. The fourth-order valence-electron chi connectivity index (χ4n) is 2.52. The van der Waals surface area contributed by atoms with Crippen molar-refractivity contribution < 1.29 is 19.1 Å². The van der Waals surface area contributed by atoms with Crippen molar-refractivity contribution in [2.75, 3.05) is 0 Å². The van der Waals surface area contributed by atoms with Gasteiger partial charge >= 0.3 is 5.97 Å². The predicted octanol–water partition coefficient (Wildman–Crippen LogP) is 3.18. The highest BCUT2D eigenvalue weighted by Crippen LogP contribution is 2.25. The number of rotatable bonds is 4. The zero-order chi connectivity index (χ0) is 17.3. The maximum Gasteiger partial charge on any atom is 0.329 e. The number of hydrogen-bond donors (Lipinski definition) is 0. The molecule has 2 amide bonds. The van der Waals surface area contributed by atoms with Crippen LogP contribution in [0.5, 0.6) is 0 Å². The number of hydrogen-bond acceptors (Lipinski definition) is 4. The average Bonchev–Trinajstić information content (AvgIpc) is 2.85. The summed E-state index contributed by atoms with van der Waals surface area (Å²) in [5, 5.41) is 0. The minimum Gasteiger partial charge on any atom is -0.459 e. The molecule has 0 bridgehead atoms. The first-order chi connectivity index (χ1) is 11.5. The maximum atomic E-state index is 12.4. The molecule has 0 unspecified atom stereocenters. The molecule has 1 aliphatic rings. The van der Waals surface area contributed by atoms with E-state index in [1.54, 1.807) is 24.3 Å². The number of nitrogens with zero attached hydrogens (tertiary/aromatic N) is 1. The molecule has 2 aromatic carbocycles. The molecule has 0 spiro atoms. The van der Waals surface area contributed by atoms with E-state index in [9.17, 15) is 14.4 Å². The molecule has 0 fully saturated rings. The first-order valence-electron chi connectivity index (χ1n) is 7.37. The second kappa shape index (κ2) is 6.57. The quantitative estimate of drug-likeness (QED) is 0.596. The molecule has 1 aliphatic heterocycles. The molecule has 1 heterocycles. The largest absolute Gasteiger partial charge is 0.459 e. The van der Waals surface area contributed by atoms with Gasteiger partial charge < -0.3 is 4.74 Å². The van der Waals surface area contributed by atoms with Gasteiger partial charge in [-0.2, -0.15) is 0 Å². The molecule has 3 rings (SSSR count). The SMILES string of the molecule is C[C@H](C(=O)OCc1ccc(Br)cc1)N1C(=O)c2ccccc2C1=O. The minimum absolute atomic E-state index is 0.0830. The Kier molecular flexibility index (Phi) is 4.49.